The Bertz CT molecular complexity index is 367. The van der Waals surface area contributed by atoms with Gasteiger partial charge >= 0.3 is 0 Å². The van der Waals surface area contributed by atoms with E-state index >= 15 is 0 Å². The van der Waals surface area contributed by atoms with Crippen LogP contribution in [0.1, 0.15) is 31.4 Å². The Morgan fingerprint density at radius 3 is 2.88 bits per heavy atom. The van der Waals surface area contributed by atoms with Crippen LogP contribution >= 0.6 is 11.6 Å². The van der Waals surface area contributed by atoms with Gasteiger partial charge in [-0.25, -0.2) is 0 Å². The van der Waals surface area contributed by atoms with Crippen LogP contribution in [0.15, 0.2) is 24.5 Å². The lowest BCUT2D eigenvalue weighted by molar-refractivity contribution is -0.131. The van der Waals surface area contributed by atoms with E-state index in [0.29, 0.717) is 0 Å². The largest absolute Gasteiger partial charge is 0.334 e. The molecule has 0 radical (unpaired) electrons. The van der Waals surface area contributed by atoms with Crippen LogP contribution < -0.4 is 0 Å². The molecule has 0 spiro atoms. The molecule has 0 aromatic carbocycles. The molecule has 3 nitrogen and oxygen atoms in total. The predicted molar refractivity (Wildman–Crippen MR) is 63.2 cm³/mol. The molecule has 86 valence electrons. The Balaban J connectivity index is 2.19. The number of hydrogen-bond acceptors (Lipinski definition) is 2. The molecule has 2 heterocycles. The van der Waals surface area contributed by atoms with Crippen LogP contribution in [0.25, 0.3) is 0 Å². The predicted octanol–water partition coefficient (Wildman–Crippen LogP) is 2.37. The van der Waals surface area contributed by atoms with Crippen molar-refractivity contribution < 1.29 is 4.79 Å². The molecule has 1 saturated heterocycles. The quantitative estimate of drug-likeness (QED) is 0.742. The smallest absolute Gasteiger partial charge is 0.240 e. The summed E-state index contributed by atoms with van der Waals surface area (Å²) in [7, 11) is 0. The second-order valence-corrected chi connectivity index (χ2v) is 4.74. The van der Waals surface area contributed by atoms with Crippen molar-refractivity contribution in [3.63, 3.8) is 0 Å². The van der Waals surface area contributed by atoms with Crippen molar-refractivity contribution in [1.29, 1.82) is 0 Å². The highest BCUT2D eigenvalue weighted by Gasteiger charge is 2.31. The van der Waals surface area contributed by atoms with Crippen molar-refractivity contribution in [3.05, 3.63) is 30.1 Å². The minimum Gasteiger partial charge on any atom is -0.334 e. The fourth-order valence-electron chi connectivity index (χ4n) is 2.19. The summed E-state index contributed by atoms with van der Waals surface area (Å²) in [5.41, 5.74) is 1.15. The van der Waals surface area contributed by atoms with Crippen molar-refractivity contribution in [2.45, 2.75) is 31.2 Å². The number of likely N-dealkylation sites (tertiary alicyclic amines) is 1. The summed E-state index contributed by atoms with van der Waals surface area (Å²) in [6, 6.07) is 4.11. The fraction of sp³-hybridized carbons (Fsp3) is 0.500. The van der Waals surface area contributed by atoms with E-state index in [-0.39, 0.29) is 11.9 Å². The van der Waals surface area contributed by atoms with E-state index in [9.17, 15) is 4.79 Å². The monoisotopic (exact) mass is 238 g/mol. The highest BCUT2D eigenvalue weighted by Crippen LogP contribution is 2.32. The first-order chi connectivity index (χ1) is 7.70. The molecule has 1 amide bonds. The topological polar surface area (TPSA) is 33.2 Å². The normalized spacial score (nSPS) is 22.1. The third kappa shape index (κ3) is 2.19. The van der Waals surface area contributed by atoms with Gasteiger partial charge in [0, 0.05) is 18.9 Å². The van der Waals surface area contributed by atoms with Crippen LogP contribution in [0.5, 0.6) is 0 Å². The Morgan fingerprint density at radius 1 is 1.56 bits per heavy atom. The lowest BCUT2D eigenvalue weighted by Gasteiger charge is -2.26. The Kier molecular flexibility index (Phi) is 3.44. The number of carbonyl (C=O) groups is 1. The number of aromatic nitrogens is 1. The van der Waals surface area contributed by atoms with E-state index in [1.165, 1.54) is 0 Å². The van der Waals surface area contributed by atoms with Gasteiger partial charge in [-0.15, -0.1) is 11.6 Å². The van der Waals surface area contributed by atoms with Gasteiger partial charge in [0.15, 0.2) is 0 Å². The van der Waals surface area contributed by atoms with Gasteiger partial charge in [0.2, 0.25) is 5.91 Å². The van der Waals surface area contributed by atoms with E-state index in [1.54, 1.807) is 19.3 Å². The minimum absolute atomic E-state index is 0.0287. The maximum Gasteiger partial charge on any atom is 0.240 e. The summed E-state index contributed by atoms with van der Waals surface area (Å²) in [5, 5.41) is -0.442. The summed E-state index contributed by atoms with van der Waals surface area (Å²) < 4.78 is 0. The second kappa shape index (κ2) is 4.83. The molecule has 0 bridgehead atoms. The number of pyridine rings is 1. The number of halogens is 1. The van der Waals surface area contributed by atoms with Crippen LogP contribution in [0.2, 0.25) is 0 Å². The standard InChI is InChI=1S/C12H15ClN2O/c1-9(13)12(16)15-8-2-3-11(15)10-4-6-14-7-5-10/h4-7,9,11H,2-3,8H2,1H3. The Morgan fingerprint density at radius 2 is 2.25 bits per heavy atom. The number of alkyl halides is 1. The van der Waals surface area contributed by atoms with Gasteiger partial charge in [0.25, 0.3) is 0 Å². The summed E-state index contributed by atoms with van der Waals surface area (Å²) in [6.07, 6.45) is 5.59. The van der Waals surface area contributed by atoms with E-state index < -0.39 is 5.38 Å². The number of nitrogens with zero attached hydrogens (tertiary/aromatic N) is 2. The van der Waals surface area contributed by atoms with Gasteiger partial charge in [-0.3, -0.25) is 9.78 Å². The van der Waals surface area contributed by atoms with Crippen molar-refractivity contribution >= 4 is 17.5 Å². The SMILES string of the molecule is CC(Cl)C(=O)N1CCCC1c1ccncc1. The zero-order valence-corrected chi connectivity index (χ0v) is 10.0. The molecule has 2 atom stereocenters. The first-order valence-corrected chi connectivity index (χ1v) is 5.98. The lowest BCUT2D eigenvalue weighted by atomic mass is 10.1. The number of hydrogen-bond donors (Lipinski definition) is 0. The van der Waals surface area contributed by atoms with Crippen molar-refractivity contribution in [2.75, 3.05) is 6.54 Å². The lowest BCUT2D eigenvalue weighted by Crippen LogP contribution is -2.35. The van der Waals surface area contributed by atoms with E-state index in [2.05, 4.69) is 4.98 Å². The van der Waals surface area contributed by atoms with Crippen molar-refractivity contribution in [1.82, 2.24) is 9.88 Å². The molecule has 1 aliphatic rings. The molecular weight excluding hydrogens is 224 g/mol. The Labute approximate surface area is 100 Å². The van der Waals surface area contributed by atoms with Crippen LogP contribution in [0, 0.1) is 0 Å². The summed E-state index contributed by atoms with van der Waals surface area (Å²) >= 11 is 5.86. The molecule has 2 rings (SSSR count). The van der Waals surface area contributed by atoms with Gasteiger partial charge < -0.3 is 4.90 Å². The summed E-state index contributed by atoms with van der Waals surface area (Å²) in [5.74, 6) is 0.0287. The number of carbonyl (C=O) groups excluding carboxylic acids is 1. The van der Waals surface area contributed by atoms with E-state index in [4.69, 9.17) is 11.6 Å². The molecule has 1 aromatic heterocycles. The maximum atomic E-state index is 11.9. The molecule has 16 heavy (non-hydrogen) atoms. The third-order valence-electron chi connectivity index (χ3n) is 2.97. The molecule has 1 aromatic rings. The molecule has 0 saturated carbocycles. The first-order valence-electron chi connectivity index (χ1n) is 5.54. The van der Waals surface area contributed by atoms with Gasteiger partial charge in [-0.05, 0) is 37.5 Å². The zero-order valence-electron chi connectivity index (χ0n) is 9.27. The van der Waals surface area contributed by atoms with Crippen LogP contribution in [0.4, 0.5) is 0 Å². The molecule has 2 unspecified atom stereocenters. The zero-order chi connectivity index (χ0) is 11.5. The van der Waals surface area contributed by atoms with Crippen LogP contribution in [-0.2, 0) is 4.79 Å². The fourth-order valence-corrected chi connectivity index (χ4v) is 2.32. The number of rotatable bonds is 2. The average Bonchev–Trinajstić information content (AvgIpc) is 2.77. The van der Waals surface area contributed by atoms with Crippen LogP contribution in [-0.4, -0.2) is 27.7 Å². The molecule has 4 heteroatoms. The minimum atomic E-state index is -0.442. The van der Waals surface area contributed by atoms with Crippen molar-refractivity contribution in [3.8, 4) is 0 Å². The molecule has 1 aliphatic heterocycles. The van der Waals surface area contributed by atoms with Gasteiger partial charge in [0.05, 0.1) is 6.04 Å². The van der Waals surface area contributed by atoms with Crippen molar-refractivity contribution in [2.24, 2.45) is 0 Å². The van der Waals surface area contributed by atoms with Crippen LogP contribution in [0.3, 0.4) is 0 Å². The van der Waals surface area contributed by atoms with Gasteiger partial charge in [-0.2, -0.15) is 0 Å². The highest BCUT2D eigenvalue weighted by molar-refractivity contribution is 6.30. The second-order valence-electron chi connectivity index (χ2n) is 4.09. The molecule has 0 N–H and O–H groups in total. The van der Waals surface area contributed by atoms with Gasteiger partial charge in [0.1, 0.15) is 5.38 Å². The first kappa shape index (κ1) is 11.4. The molecular formula is C12H15ClN2O. The molecule has 0 aliphatic carbocycles. The highest BCUT2D eigenvalue weighted by atomic mass is 35.5. The van der Waals surface area contributed by atoms with E-state index in [0.717, 1.165) is 24.9 Å². The third-order valence-corrected chi connectivity index (χ3v) is 3.15. The van der Waals surface area contributed by atoms with Gasteiger partial charge in [-0.1, -0.05) is 0 Å². The molecule has 1 fully saturated rings. The Hall–Kier alpha value is -1.09. The van der Waals surface area contributed by atoms with E-state index in [1.807, 2.05) is 17.0 Å². The summed E-state index contributed by atoms with van der Waals surface area (Å²) in [6.45, 7) is 2.54. The summed E-state index contributed by atoms with van der Waals surface area (Å²) in [4.78, 5) is 17.8. The average molecular weight is 239 g/mol. The number of amides is 1. The maximum absolute atomic E-state index is 11.9.